The third-order valence-corrected chi connectivity index (χ3v) is 9.21. The Balaban J connectivity index is 1.36. The summed E-state index contributed by atoms with van der Waals surface area (Å²) in [7, 11) is 2.98. The van der Waals surface area contributed by atoms with Crippen LogP contribution in [0.3, 0.4) is 0 Å². The van der Waals surface area contributed by atoms with Crippen molar-refractivity contribution < 1.29 is 44.0 Å². The number of halogens is 1. The molecule has 4 aliphatic rings. The lowest BCUT2D eigenvalue weighted by Crippen LogP contribution is -2.65. The molecule has 44 heavy (non-hydrogen) atoms. The summed E-state index contributed by atoms with van der Waals surface area (Å²) in [4.78, 5) is 55.4. The van der Waals surface area contributed by atoms with E-state index in [1.54, 1.807) is 0 Å². The summed E-state index contributed by atoms with van der Waals surface area (Å²) in [5.41, 5.74) is 2.46. The van der Waals surface area contributed by atoms with Crippen LogP contribution < -0.4 is 11.1 Å². The summed E-state index contributed by atoms with van der Waals surface area (Å²) in [6.07, 6.45) is -0.364. The maximum Gasteiger partial charge on any atom is 0.255 e. The van der Waals surface area contributed by atoms with Gasteiger partial charge in [-0.3, -0.25) is 29.0 Å². The average molecular weight is 607 g/mol. The Bertz CT molecular complexity index is 1710. The van der Waals surface area contributed by atoms with Crippen LogP contribution in [-0.4, -0.2) is 85.9 Å². The second-order valence-electron chi connectivity index (χ2n) is 12.0. The number of carbonyl (C=O) groups excluding carboxylic acids is 4. The maximum atomic E-state index is 15.6. The van der Waals surface area contributed by atoms with Crippen molar-refractivity contribution in [3.63, 3.8) is 0 Å². The van der Waals surface area contributed by atoms with Gasteiger partial charge in [-0.1, -0.05) is 24.3 Å². The molecule has 0 unspecified atom stereocenters. The molecule has 2 aromatic rings. The Labute approximate surface area is 250 Å². The highest BCUT2D eigenvalue weighted by Crippen LogP contribution is 2.53. The monoisotopic (exact) mass is 606 g/mol. The highest BCUT2D eigenvalue weighted by Gasteiger charge is 2.64. The lowest BCUT2D eigenvalue weighted by atomic mass is 9.57. The molecule has 13 heteroatoms. The first kappa shape index (κ1) is 29.5. The third-order valence-electron chi connectivity index (χ3n) is 9.21. The number of nitrogens with zero attached hydrogens (tertiary/aromatic N) is 2. The number of aromatic hydroxyl groups is 1. The van der Waals surface area contributed by atoms with Crippen molar-refractivity contribution in [2.45, 2.75) is 37.6 Å². The molecule has 4 atom stereocenters. The number of rotatable bonds is 5. The predicted octanol–water partition coefficient (Wildman–Crippen LogP) is 1.06. The van der Waals surface area contributed by atoms with Gasteiger partial charge >= 0.3 is 0 Å². The quantitative estimate of drug-likeness (QED) is 0.212. The number of nitrogens with one attached hydrogen (secondary N) is 1. The van der Waals surface area contributed by atoms with E-state index in [-0.39, 0.29) is 30.6 Å². The van der Waals surface area contributed by atoms with Gasteiger partial charge in [-0.05, 0) is 44.0 Å². The molecular weight excluding hydrogens is 575 g/mol. The smallest absolute Gasteiger partial charge is 0.255 e. The minimum absolute atomic E-state index is 0.0611. The van der Waals surface area contributed by atoms with Crippen molar-refractivity contribution in [1.82, 2.24) is 9.80 Å². The Hall–Kier alpha value is -4.59. The van der Waals surface area contributed by atoms with Crippen molar-refractivity contribution in [2.24, 2.45) is 17.6 Å². The number of likely N-dealkylation sites (N-methyl/N-ethyl adjacent to an activating group) is 1. The summed E-state index contributed by atoms with van der Waals surface area (Å²) in [6.45, 7) is 1.01. The lowest BCUT2D eigenvalue weighted by molar-refractivity contribution is -0.153. The number of ketones is 2. The number of carbonyl (C=O) groups is 4. The number of benzene rings is 2. The molecule has 1 saturated carbocycles. The molecule has 1 aliphatic heterocycles. The van der Waals surface area contributed by atoms with E-state index in [1.165, 1.54) is 19.0 Å². The first-order valence-electron chi connectivity index (χ1n) is 14.0. The number of anilines is 1. The molecule has 0 radical (unpaired) electrons. The molecule has 0 aromatic heterocycles. The fourth-order valence-corrected chi connectivity index (χ4v) is 7.27. The molecule has 6 rings (SSSR count). The molecule has 3 aliphatic carbocycles. The normalized spacial score (nSPS) is 26.3. The van der Waals surface area contributed by atoms with Crippen molar-refractivity contribution in [1.29, 1.82) is 0 Å². The molecule has 1 heterocycles. The van der Waals surface area contributed by atoms with Gasteiger partial charge < -0.3 is 31.5 Å². The molecule has 7 N–H and O–H groups in total. The SMILES string of the molecule is CN(C)[C@@H]1C(=O)C(C(N)=O)=C(O)[C@@]2(O)C(=O)C3=C(O)c4c(O)c(NC(=O)CN5Cc6ccccc6C5)cc(F)c4C[C@H]3C[C@@H]12. The molecule has 0 saturated heterocycles. The van der Waals surface area contributed by atoms with Crippen LogP contribution in [0, 0.1) is 17.7 Å². The topological polar surface area (TPSA) is 194 Å². The maximum absolute atomic E-state index is 15.6. The number of phenolic OH excluding ortho intramolecular Hbond substituents is 1. The molecule has 230 valence electrons. The number of aliphatic hydroxyl groups excluding tert-OH is 2. The molecule has 0 spiro atoms. The molecule has 1 fully saturated rings. The van der Waals surface area contributed by atoms with E-state index in [0.29, 0.717) is 13.1 Å². The van der Waals surface area contributed by atoms with E-state index in [0.717, 1.165) is 17.2 Å². The Morgan fingerprint density at radius 2 is 1.77 bits per heavy atom. The summed E-state index contributed by atoms with van der Waals surface area (Å²) in [6, 6.07) is 7.42. The van der Waals surface area contributed by atoms with Gasteiger partial charge in [0.1, 0.15) is 22.9 Å². The second-order valence-corrected chi connectivity index (χ2v) is 12.0. The number of phenols is 1. The van der Waals surface area contributed by atoms with Crippen LogP contribution in [0.15, 0.2) is 47.2 Å². The number of nitrogens with two attached hydrogens (primary N) is 1. The third kappa shape index (κ3) is 4.22. The minimum atomic E-state index is -2.81. The van der Waals surface area contributed by atoms with E-state index in [1.807, 2.05) is 29.2 Å². The van der Waals surface area contributed by atoms with Gasteiger partial charge in [0.15, 0.2) is 17.1 Å². The van der Waals surface area contributed by atoms with Crippen LogP contribution in [-0.2, 0) is 38.7 Å². The number of hydrogen-bond donors (Lipinski definition) is 6. The van der Waals surface area contributed by atoms with Gasteiger partial charge in [0, 0.05) is 36.2 Å². The fourth-order valence-electron chi connectivity index (χ4n) is 7.27. The number of Topliss-reactive ketones (excluding diaryl/α,β-unsaturated/α-hetero) is 2. The summed E-state index contributed by atoms with van der Waals surface area (Å²) in [5.74, 6) is -9.76. The minimum Gasteiger partial charge on any atom is -0.508 e. The second kappa shape index (κ2) is 10.3. The Kier molecular flexibility index (Phi) is 6.87. The standard InChI is InChI=1S/C31H31FN4O8/c1-35(2)24-17-8-15-7-16-18(32)9-19(34-20(37)12-36-10-13-5-3-4-6-14(13)11-36)25(38)22(16)26(39)21(15)28(41)31(17,44)29(42)23(27(24)40)30(33)43/h3-6,9,15,17,24,38-39,42,44H,7-8,10-12H2,1-2H3,(H2,33,43)(H,34,37)/t15-,17-,24-,31-/m0/s1. The van der Waals surface area contributed by atoms with E-state index >= 15 is 4.39 Å². The molecule has 0 bridgehead atoms. The number of fused-ring (bicyclic) bond motifs is 4. The number of amides is 2. The average Bonchev–Trinajstić information content (AvgIpc) is 3.35. The van der Waals surface area contributed by atoms with Gasteiger partial charge in [-0.15, -0.1) is 0 Å². The van der Waals surface area contributed by atoms with Crippen LogP contribution in [0.5, 0.6) is 5.75 Å². The van der Waals surface area contributed by atoms with Crippen molar-refractivity contribution >= 4 is 34.8 Å². The van der Waals surface area contributed by atoms with E-state index in [4.69, 9.17) is 5.73 Å². The Morgan fingerprint density at radius 3 is 2.36 bits per heavy atom. The molecular formula is C31H31FN4O8. The van der Waals surface area contributed by atoms with Crippen molar-refractivity contribution in [2.75, 3.05) is 26.0 Å². The van der Waals surface area contributed by atoms with Gasteiger partial charge in [-0.25, -0.2) is 4.39 Å². The lowest BCUT2D eigenvalue weighted by Gasteiger charge is -2.50. The predicted molar refractivity (Wildman–Crippen MR) is 153 cm³/mol. The first-order valence-corrected chi connectivity index (χ1v) is 14.0. The summed E-state index contributed by atoms with van der Waals surface area (Å²) >= 11 is 0. The highest BCUT2D eigenvalue weighted by atomic mass is 19.1. The van der Waals surface area contributed by atoms with Gasteiger partial charge in [-0.2, -0.15) is 0 Å². The van der Waals surface area contributed by atoms with Crippen molar-refractivity contribution in [3.05, 3.63) is 75.3 Å². The largest absolute Gasteiger partial charge is 0.508 e. The number of primary amides is 1. The Morgan fingerprint density at radius 1 is 1.14 bits per heavy atom. The molecule has 2 aromatic carbocycles. The zero-order valence-electron chi connectivity index (χ0n) is 23.9. The van der Waals surface area contributed by atoms with Gasteiger partial charge in [0.2, 0.25) is 11.7 Å². The number of aliphatic hydroxyl groups is 3. The van der Waals surface area contributed by atoms with Crippen LogP contribution in [0.2, 0.25) is 0 Å². The van der Waals surface area contributed by atoms with E-state index < -0.39 is 86.7 Å². The van der Waals surface area contributed by atoms with Crippen LogP contribution in [0.1, 0.15) is 28.7 Å². The number of hydrogen-bond acceptors (Lipinski definition) is 10. The van der Waals surface area contributed by atoms with Crippen LogP contribution in [0.4, 0.5) is 10.1 Å². The first-order chi connectivity index (χ1) is 20.7. The van der Waals surface area contributed by atoms with E-state index in [2.05, 4.69) is 5.32 Å². The van der Waals surface area contributed by atoms with Gasteiger partial charge in [0.05, 0.1) is 23.8 Å². The fraction of sp³-hybridized carbons (Fsp3) is 0.355. The molecule has 2 amide bonds. The zero-order valence-corrected chi connectivity index (χ0v) is 23.9. The summed E-state index contributed by atoms with van der Waals surface area (Å²) < 4.78 is 15.6. The van der Waals surface area contributed by atoms with E-state index in [9.17, 15) is 39.6 Å². The summed E-state index contributed by atoms with van der Waals surface area (Å²) in [5, 5.41) is 47.6. The van der Waals surface area contributed by atoms with Crippen LogP contribution >= 0.6 is 0 Å². The zero-order chi connectivity index (χ0) is 31.8. The highest BCUT2D eigenvalue weighted by molar-refractivity contribution is 6.24. The van der Waals surface area contributed by atoms with Crippen LogP contribution in [0.25, 0.3) is 5.76 Å². The van der Waals surface area contributed by atoms with Gasteiger partial charge in [0.25, 0.3) is 5.91 Å². The molecule has 12 nitrogen and oxygen atoms in total. The van der Waals surface area contributed by atoms with Crippen molar-refractivity contribution in [3.8, 4) is 5.75 Å².